The lowest BCUT2D eigenvalue weighted by Gasteiger charge is -2.35. The predicted molar refractivity (Wildman–Crippen MR) is 156 cm³/mol. The van der Waals surface area contributed by atoms with Crippen LogP contribution < -0.4 is 4.90 Å². The Balaban J connectivity index is 1.13. The van der Waals surface area contributed by atoms with Gasteiger partial charge in [0.15, 0.2) is 0 Å². The molecule has 0 aliphatic carbocycles. The minimum atomic E-state index is 0.159. The van der Waals surface area contributed by atoms with Crippen LogP contribution in [0.15, 0.2) is 90.8 Å². The number of piperidine rings is 1. The average molecular weight is 521 g/mol. The molecule has 0 spiro atoms. The third-order valence-corrected chi connectivity index (χ3v) is 8.39. The molecular formula is C31H32N6S. The number of pyridine rings is 2. The van der Waals surface area contributed by atoms with Gasteiger partial charge in [0.1, 0.15) is 17.0 Å². The highest BCUT2D eigenvalue weighted by Crippen LogP contribution is 2.38. The normalized spacial score (nSPS) is 14.6. The van der Waals surface area contributed by atoms with Crippen molar-refractivity contribution >= 4 is 27.4 Å². The van der Waals surface area contributed by atoms with Crippen LogP contribution in [0.5, 0.6) is 0 Å². The SMILES string of the molecule is CN(CC1CCN(c2ncnc3scc(-c4ccccc4)c23)CC1)CC(c1ccccn1)c1ccccn1. The molecular weight excluding hydrogens is 488 g/mol. The van der Waals surface area contributed by atoms with E-state index in [0.717, 1.165) is 61.1 Å². The van der Waals surface area contributed by atoms with Gasteiger partial charge in [-0.3, -0.25) is 9.97 Å². The molecule has 0 atom stereocenters. The summed E-state index contributed by atoms with van der Waals surface area (Å²) in [5, 5.41) is 3.41. The van der Waals surface area contributed by atoms with Crippen molar-refractivity contribution in [3.05, 3.63) is 102 Å². The summed E-state index contributed by atoms with van der Waals surface area (Å²) in [5.41, 5.74) is 4.61. The zero-order valence-corrected chi connectivity index (χ0v) is 22.5. The Hall–Kier alpha value is -3.68. The van der Waals surface area contributed by atoms with E-state index in [-0.39, 0.29) is 5.92 Å². The molecule has 0 bridgehead atoms. The molecule has 1 aliphatic heterocycles. The van der Waals surface area contributed by atoms with Crippen molar-refractivity contribution in [2.24, 2.45) is 5.92 Å². The maximum atomic E-state index is 4.78. The summed E-state index contributed by atoms with van der Waals surface area (Å²) in [7, 11) is 2.23. The number of hydrogen-bond acceptors (Lipinski definition) is 7. The number of aromatic nitrogens is 4. The van der Waals surface area contributed by atoms with E-state index in [1.165, 1.54) is 16.5 Å². The number of nitrogens with zero attached hydrogens (tertiary/aromatic N) is 6. The molecule has 1 aromatic carbocycles. The first-order valence-electron chi connectivity index (χ1n) is 13.3. The molecule has 5 aromatic rings. The van der Waals surface area contributed by atoms with E-state index in [1.807, 2.05) is 24.5 Å². The molecule has 1 saturated heterocycles. The molecule has 5 heterocycles. The first-order valence-corrected chi connectivity index (χ1v) is 14.2. The van der Waals surface area contributed by atoms with Crippen molar-refractivity contribution in [2.45, 2.75) is 18.8 Å². The van der Waals surface area contributed by atoms with Crippen LogP contribution in [0.4, 0.5) is 5.82 Å². The molecule has 6 rings (SSSR count). The molecule has 192 valence electrons. The molecule has 0 unspecified atom stereocenters. The molecule has 1 aliphatic rings. The van der Waals surface area contributed by atoms with Gasteiger partial charge in [0.2, 0.25) is 0 Å². The summed E-state index contributed by atoms with van der Waals surface area (Å²) in [6.45, 7) is 3.99. The maximum Gasteiger partial charge on any atom is 0.141 e. The zero-order valence-electron chi connectivity index (χ0n) is 21.6. The van der Waals surface area contributed by atoms with Crippen molar-refractivity contribution in [3.63, 3.8) is 0 Å². The van der Waals surface area contributed by atoms with Crippen LogP contribution in [0, 0.1) is 5.92 Å². The fraction of sp³-hybridized carbons (Fsp3) is 0.290. The number of fused-ring (bicyclic) bond motifs is 1. The fourth-order valence-electron chi connectivity index (χ4n) is 5.59. The standard InChI is InChI=1S/C31H32N6S/c1-36(20-25(27-11-5-7-15-32-27)28-12-6-8-16-33-28)19-23-13-17-37(18-14-23)30-29-26(24-9-3-2-4-10-24)21-38-31(29)35-22-34-30/h2-12,15-16,21-23,25H,13-14,17-20H2,1H3. The number of likely N-dealkylation sites (N-methyl/N-ethyl adjacent to an activating group) is 1. The Morgan fingerprint density at radius 1 is 0.868 bits per heavy atom. The van der Waals surface area contributed by atoms with Gasteiger partial charge in [-0.2, -0.15) is 0 Å². The van der Waals surface area contributed by atoms with Gasteiger partial charge >= 0.3 is 0 Å². The first kappa shape index (κ1) is 24.6. The van der Waals surface area contributed by atoms with Crippen molar-refractivity contribution in [1.82, 2.24) is 24.8 Å². The van der Waals surface area contributed by atoms with E-state index < -0.39 is 0 Å². The maximum absolute atomic E-state index is 4.78. The lowest BCUT2D eigenvalue weighted by Crippen LogP contribution is -2.39. The van der Waals surface area contributed by atoms with E-state index >= 15 is 0 Å². The van der Waals surface area contributed by atoms with Gasteiger partial charge in [-0.1, -0.05) is 42.5 Å². The third-order valence-electron chi connectivity index (χ3n) is 7.50. The molecule has 38 heavy (non-hydrogen) atoms. The van der Waals surface area contributed by atoms with Crippen LogP contribution in [0.1, 0.15) is 30.1 Å². The van der Waals surface area contributed by atoms with E-state index in [9.17, 15) is 0 Å². The van der Waals surface area contributed by atoms with Crippen molar-refractivity contribution < 1.29 is 0 Å². The van der Waals surface area contributed by atoms with Crippen LogP contribution in [0.3, 0.4) is 0 Å². The predicted octanol–water partition coefficient (Wildman–Crippen LogP) is 6.13. The van der Waals surface area contributed by atoms with E-state index in [4.69, 9.17) is 4.98 Å². The largest absolute Gasteiger partial charge is 0.356 e. The molecule has 6 nitrogen and oxygen atoms in total. The van der Waals surface area contributed by atoms with Gasteiger partial charge in [0.25, 0.3) is 0 Å². The number of anilines is 1. The van der Waals surface area contributed by atoms with Gasteiger partial charge in [0, 0.05) is 49.5 Å². The fourth-order valence-corrected chi connectivity index (χ4v) is 6.50. The third kappa shape index (κ3) is 5.30. The molecule has 0 saturated carbocycles. The first-order chi connectivity index (χ1) is 18.8. The van der Waals surface area contributed by atoms with E-state index in [0.29, 0.717) is 5.92 Å². The lowest BCUT2D eigenvalue weighted by molar-refractivity contribution is 0.241. The van der Waals surface area contributed by atoms with Crippen LogP contribution in [-0.2, 0) is 0 Å². The highest BCUT2D eigenvalue weighted by atomic mass is 32.1. The Bertz CT molecular complexity index is 1410. The van der Waals surface area contributed by atoms with E-state index in [1.54, 1.807) is 17.7 Å². The van der Waals surface area contributed by atoms with Gasteiger partial charge in [-0.05, 0) is 55.6 Å². The van der Waals surface area contributed by atoms with Crippen molar-refractivity contribution in [2.75, 3.05) is 38.1 Å². The Morgan fingerprint density at radius 2 is 1.55 bits per heavy atom. The van der Waals surface area contributed by atoms with Crippen LogP contribution >= 0.6 is 11.3 Å². The summed E-state index contributed by atoms with van der Waals surface area (Å²) in [6.07, 6.45) is 7.78. The number of thiophene rings is 1. The molecule has 0 amide bonds. The molecule has 4 aromatic heterocycles. The highest BCUT2D eigenvalue weighted by molar-refractivity contribution is 7.17. The topological polar surface area (TPSA) is 58.0 Å². The minimum absolute atomic E-state index is 0.159. The van der Waals surface area contributed by atoms with Gasteiger partial charge < -0.3 is 9.80 Å². The summed E-state index contributed by atoms with van der Waals surface area (Å²) in [4.78, 5) is 24.7. The van der Waals surface area contributed by atoms with Crippen LogP contribution in [0.2, 0.25) is 0 Å². The van der Waals surface area contributed by atoms with E-state index in [2.05, 4.69) is 91.8 Å². The van der Waals surface area contributed by atoms with Crippen LogP contribution in [-0.4, -0.2) is 58.1 Å². The average Bonchev–Trinajstić information content (AvgIpc) is 3.42. The smallest absolute Gasteiger partial charge is 0.141 e. The van der Waals surface area contributed by atoms with Gasteiger partial charge in [-0.15, -0.1) is 11.3 Å². The highest BCUT2D eigenvalue weighted by Gasteiger charge is 2.26. The van der Waals surface area contributed by atoms with Crippen molar-refractivity contribution in [3.8, 4) is 11.1 Å². The molecule has 0 radical (unpaired) electrons. The number of rotatable bonds is 8. The second kappa shape index (κ2) is 11.4. The monoisotopic (exact) mass is 520 g/mol. The summed E-state index contributed by atoms with van der Waals surface area (Å²) < 4.78 is 0. The molecule has 1 fully saturated rings. The number of hydrogen-bond donors (Lipinski definition) is 0. The lowest BCUT2D eigenvalue weighted by atomic mass is 9.94. The Kier molecular flexibility index (Phi) is 7.38. The second-order valence-corrected chi connectivity index (χ2v) is 11.0. The molecule has 0 N–H and O–H groups in total. The number of benzene rings is 1. The minimum Gasteiger partial charge on any atom is -0.356 e. The zero-order chi connectivity index (χ0) is 25.7. The molecule has 7 heteroatoms. The van der Waals surface area contributed by atoms with Crippen molar-refractivity contribution in [1.29, 1.82) is 0 Å². The summed E-state index contributed by atoms with van der Waals surface area (Å²) in [5.74, 6) is 1.89. The van der Waals surface area contributed by atoms with Gasteiger partial charge in [0.05, 0.1) is 22.7 Å². The Morgan fingerprint density at radius 3 is 2.21 bits per heavy atom. The van der Waals surface area contributed by atoms with Gasteiger partial charge in [-0.25, -0.2) is 9.97 Å². The summed E-state index contributed by atoms with van der Waals surface area (Å²) >= 11 is 1.70. The van der Waals surface area contributed by atoms with Crippen LogP contribution in [0.25, 0.3) is 21.3 Å². The quantitative estimate of drug-likeness (QED) is 0.245. The second-order valence-electron chi connectivity index (χ2n) is 10.1. The Labute approximate surface area is 228 Å². The summed E-state index contributed by atoms with van der Waals surface area (Å²) in [6, 6.07) is 22.9.